The van der Waals surface area contributed by atoms with Crippen molar-refractivity contribution in [2.75, 3.05) is 33.4 Å². The van der Waals surface area contributed by atoms with Gasteiger partial charge in [0.1, 0.15) is 0 Å². The van der Waals surface area contributed by atoms with Crippen LogP contribution in [-0.4, -0.2) is 55.8 Å². The summed E-state index contributed by atoms with van der Waals surface area (Å²) in [6.07, 6.45) is 0.844. The van der Waals surface area contributed by atoms with Crippen LogP contribution in [0.3, 0.4) is 0 Å². The predicted molar refractivity (Wildman–Crippen MR) is 49.5 cm³/mol. The summed E-state index contributed by atoms with van der Waals surface area (Å²) < 4.78 is 10.6. The Balaban J connectivity index is 2.39. The molecule has 13 heavy (non-hydrogen) atoms. The summed E-state index contributed by atoms with van der Waals surface area (Å²) in [7, 11) is 1.63. The van der Waals surface area contributed by atoms with Crippen LogP contribution in [0.25, 0.3) is 0 Å². The molecular formula is C9H19NO3. The number of rotatable bonds is 4. The number of morpholine rings is 1. The third kappa shape index (κ3) is 3.23. The minimum Gasteiger partial charge on any atom is -0.394 e. The Hall–Kier alpha value is -0.160. The molecule has 1 fully saturated rings. The Morgan fingerprint density at radius 2 is 2.31 bits per heavy atom. The van der Waals surface area contributed by atoms with E-state index in [-0.39, 0.29) is 19.0 Å². The maximum Gasteiger partial charge on any atom is 0.170 e. The highest BCUT2D eigenvalue weighted by Crippen LogP contribution is 2.11. The lowest BCUT2D eigenvalue weighted by molar-refractivity contribution is -0.205. The summed E-state index contributed by atoms with van der Waals surface area (Å²) in [6.45, 7) is 4.87. The fourth-order valence-corrected chi connectivity index (χ4v) is 1.60. The SMILES string of the molecule is CCCN1C[C@@H](CO)O[C@H](OC)C1. The van der Waals surface area contributed by atoms with Crippen molar-refractivity contribution in [3.05, 3.63) is 0 Å². The number of aliphatic hydroxyl groups is 1. The second-order valence-electron chi connectivity index (χ2n) is 3.37. The Morgan fingerprint density at radius 3 is 2.85 bits per heavy atom. The first-order chi connectivity index (χ1) is 6.30. The summed E-state index contributed by atoms with van der Waals surface area (Å²) >= 11 is 0. The molecule has 0 radical (unpaired) electrons. The van der Waals surface area contributed by atoms with E-state index in [9.17, 15) is 0 Å². The fraction of sp³-hybridized carbons (Fsp3) is 1.00. The molecule has 0 aliphatic carbocycles. The third-order valence-corrected chi connectivity index (χ3v) is 2.22. The molecule has 0 aromatic rings. The van der Waals surface area contributed by atoms with Gasteiger partial charge in [0.15, 0.2) is 6.29 Å². The Labute approximate surface area is 79.4 Å². The molecule has 0 saturated carbocycles. The molecule has 1 saturated heterocycles. The van der Waals surface area contributed by atoms with Crippen LogP contribution < -0.4 is 0 Å². The van der Waals surface area contributed by atoms with Crippen LogP contribution in [-0.2, 0) is 9.47 Å². The number of ether oxygens (including phenoxy) is 2. The average Bonchev–Trinajstić information content (AvgIpc) is 2.17. The Morgan fingerprint density at radius 1 is 1.54 bits per heavy atom. The van der Waals surface area contributed by atoms with Crippen LogP contribution >= 0.6 is 0 Å². The topological polar surface area (TPSA) is 41.9 Å². The molecule has 4 heteroatoms. The predicted octanol–water partition coefficient (Wildman–Crippen LogP) is 0.0620. The first-order valence-electron chi connectivity index (χ1n) is 4.81. The van der Waals surface area contributed by atoms with Crippen LogP contribution in [0.15, 0.2) is 0 Å². The fourth-order valence-electron chi connectivity index (χ4n) is 1.60. The van der Waals surface area contributed by atoms with Gasteiger partial charge in [-0.05, 0) is 13.0 Å². The molecule has 1 rings (SSSR count). The first kappa shape index (κ1) is 10.9. The van der Waals surface area contributed by atoms with Crippen LogP contribution in [0.5, 0.6) is 0 Å². The van der Waals surface area contributed by atoms with E-state index >= 15 is 0 Å². The number of hydrogen-bond donors (Lipinski definition) is 1. The monoisotopic (exact) mass is 189 g/mol. The maximum absolute atomic E-state index is 8.98. The molecule has 1 N–H and O–H groups in total. The van der Waals surface area contributed by atoms with Crippen molar-refractivity contribution < 1.29 is 14.6 Å². The molecule has 2 atom stereocenters. The standard InChI is InChI=1S/C9H19NO3/c1-3-4-10-5-8(7-11)13-9(6-10)12-2/h8-9,11H,3-7H2,1-2H3/t8-,9-/m0/s1. The van der Waals surface area contributed by atoms with Gasteiger partial charge in [0.2, 0.25) is 0 Å². The molecule has 1 heterocycles. The zero-order valence-corrected chi connectivity index (χ0v) is 8.40. The van der Waals surface area contributed by atoms with E-state index in [4.69, 9.17) is 14.6 Å². The third-order valence-electron chi connectivity index (χ3n) is 2.22. The van der Waals surface area contributed by atoms with Gasteiger partial charge in [-0.15, -0.1) is 0 Å². The van der Waals surface area contributed by atoms with Gasteiger partial charge in [-0.2, -0.15) is 0 Å². The first-order valence-corrected chi connectivity index (χ1v) is 4.81. The normalized spacial score (nSPS) is 30.7. The largest absolute Gasteiger partial charge is 0.394 e. The van der Waals surface area contributed by atoms with Gasteiger partial charge < -0.3 is 14.6 Å². The molecule has 0 bridgehead atoms. The van der Waals surface area contributed by atoms with E-state index in [1.165, 1.54) is 0 Å². The summed E-state index contributed by atoms with van der Waals surface area (Å²) in [6, 6.07) is 0. The maximum atomic E-state index is 8.98. The molecule has 4 nitrogen and oxygen atoms in total. The highest BCUT2D eigenvalue weighted by molar-refractivity contribution is 4.72. The molecule has 0 amide bonds. The van der Waals surface area contributed by atoms with Crippen LogP contribution in [0.2, 0.25) is 0 Å². The quantitative estimate of drug-likeness (QED) is 0.679. The van der Waals surface area contributed by atoms with Gasteiger partial charge in [0.05, 0.1) is 12.7 Å². The molecule has 0 aromatic heterocycles. The van der Waals surface area contributed by atoms with E-state index in [2.05, 4.69) is 11.8 Å². The van der Waals surface area contributed by atoms with Crippen molar-refractivity contribution in [2.24, 2.45) is 0 Å². The summed E-state index contributed by atoms with van der Waals surface area (Å²) in [5.74, 6) is 0. The van der Waals surface area contributed by atoms with E-state index in [1.807, 2.05) is 0 Å². The van der Waals surface area contributed by atoms with Crippen molar-refractivity contribution in [3.8, 4) is 0 Å². The Kier molecular flexibility index (Phi) is 4.66. The summed E-state index contributed by atoms with van der Waals surface area (Å²) in [4.78, 5) is 2.26. The number of nitrogens with zero attached hydrogens (tertiary/aromatic N) is 1. The average molecular weight is 189 g/mol. The van der Waals surface area contributed by atoms with Crippen molar-refractivity contribution in [1.29, 1.82) is 0 Å². The highest BCUT2D eigenvalue weighted by Gasteiger charge is 2.26. The minimum atomic E-state index is -0.183. The lowest BCUT2D eigenvalue weighted by Crippen LogP contribution is -2.49. The highest BCUT2D eigenvalue weighted by atomic mass is 16.7. The van der Waals surface area contributed by atoms with Gasteiger partial charge >= 0.3 is 0 Å². The number of methoxy groups -OCH3 is 1. The molecule has 1 aliphatic rings. The zero-order valence-electron chi connectivity index (χ0n) is 8.40. The molecule has 0 spiro atoms. The molecule has 78 valence electrons. The second kappa shape index (κ2) is 5.54. The van der Waals surface area contributed by atoms with Gasteiger partial charge in [0, 0.05) is 20.2 Å². The molecule has 0 aromatic carbocycles. The number of aliphatic hydroxyl groups excluding tert-OH is 1. The summed E-state index contributed by atoms with van der Waals surface area (Å²) in [5, 5.41) is 8.98. The van der Waals surface area contributed by atoms with E-state index < -0.39 is 0 Å². The van der Waals surface area contributed by atoms with E-state index in [1.54, 1.807) is 7.11 Å². The van der Waals surface area contributed by atoms with Gasteiger partial charge in [-0.1, -0.05) is 6.92 Å². The van der Waals surface area contributed by atoms with Gasteiger partial charge in [0.25, 0.3) is 0 Å². The Bertz CT molecular complexity index is 131. The van der Waals surface area contributed by atoms with Crippen molar-refractivity contribution in [2.45, 2.75) is 25.7 Å². The van der Waals surface area contributed by atoms with Gasteiger partial charge in [-0.25, -0.2) is 0 Å². The smallest absolute Gasteiger partial charge is 0.170 e. The lowest BCUT2D eigenvalue weighted by Gasteiger charge is -2.36. The lowest BCUT2D eigenvalue weighted by atomic mass is 10.2. The van der Waals surface area contributed by atoms with Crippen LogP contribution in [0, 0.1) is 0 Å². The van der Waals surface area contributed by atoms with E-state index in [0.29, 0.717) is 0 Å². The van der Waals surface area contributed by atoms with Gasteiger partial charge in [-0.3, -0.25) is 4.90 Å². The van der Waals surface area contributed by atoms with Crippen molar-refractivity contribution in [3.63, 3.8) is 0 Å². The van der Waals surface area contributed by atoms with Crippen LogP contribution in [0.4, 0.5) is 0 Å². The summed E-state index contributed by atoms with van der Waals surface area (Å²) in [5.41, 5.74) is 0. The van der Waals surface area contributed by atoms with Crippen LogP contribution in [0.1, 0.15) is 13.3 Å². The number of hydrogen-bond acceptors (Lipinski definition) is 4. The van der Waals surface area contributed by atoms with Crippen molar-refractivity contribution in [1.82, 2.24) is 4.90 Å². The molecule has 0 unspecified atom stereocenters. The molecular weight excluding hydrogens is 170 g/mol. The zero-order chi connectivity index (χ0) is 9.68. The van der Waals surface area contributed by atoms with Crippen molar-refractivity contribution >= 4 is 0 Å². The second-order valence-corrected chi connectivity index (χ2v) is 3.37. The molecule has 1 aliphatic heterocycles. The minimum absolute atomic E-state index is 0.0695. The van der Waals surface area contributed by atoms with E-state index in [0.717, 1.165) is 26.1 Å².